The Morgan fingerprint density at radius 3 is 2.51 bits per heavy atom. The number of rotatable bonds is 7. The molecule has 5 rings (SSSR count). The molecule has 1 aliphatic rings. The zero-order chi connectivity index (χ0) is 23.7. The van der Waals surface area contributed by atoms with Gasteiger partial charge in [-0.1, -0.05) is 24.3 Å². The largest absolute Gasteiger partial charge is 0.364 e. The average Bonchev–Trinajstić information content (AvgIpc) is 3.46. The fraction of sp³-hybridized carbons (Fsp3) is 0.423. The van der Waals surface area contributed by atoms with Gasteiger partial charge in [-0.3, -0.25) is 0 Å². The quantitative estimate of drug-likeness (QED) is 0.275. The van der Waals surface area contributed by atoms with Gasteiger partial charge in [0.25, 0.3) is 0 Å². The maximum Gasteiger partial charge on any atom is 0.227 e. The summed E-state index contributed by atoms with van der Waals surface area (Å²) in [5.74, 6) is 1.42. The molecule has 1 aliphatic carbocycles. The molecule has 0 aliphatic heterocycles. The minimum absolute atomic E-state index is 0. The van der Waals surface area contributed by atoms with E-state index in [1.807, 2.05) is 6.33 Å². The Bertz CT molecular complexity index is 1260. The summed E-state index contributed by atoms with van der Waals surface area (Å²) in [6.07, 6.45) is 6.03. The Balaban J connectivity index is 0.00000289. The molecule has 186 valence electrons. The molecule has 9 heteroatoms. The Morgan fingerprint density at radius 1 is 1.11 bits per heavy atom. The Labute approximate surface area is 217 Å². The highest BCUT2D eigenvalue weighted by Gasteiger charge is 2.21. The van der Waals surface area contributed by atoms with Gasteiger partial charge in [-0.05, 0) is 74.6 Å². The number of hydrogen-bond donors (Lipinski definition) is 3. The number of thiophene rings is 1. The van der Waals surface area contributed by atoms with Crippen molar-refractivity contribution in [1.29, 1.82) is 0 Å². The molecule has 0 unspecified atom stereocenters. The molecule has 0 radical (unpaired) electrons. The first-order valence-corrected chi connectivity index (χ1v) is 13.0. The second kappa shape index (κ2) is 10.9. The summed E-state index contributed by atoms with van der Waals surface area (Å²) in [4.78, 5) is 15.6. The third-order valence-electron chi connectivity index (χ3n) is 6.51. The van der Waals surface area contributed by atoms with Crippen LogP contribution in [0.15, 0.2) is 42.0 Å². The van der Waals surface area contributed by atoms with Crippen molar-refractivity contribution in [2.45, 2.75) is 71.1 Å². The third kappa shape index (κ3) is 5.77. The van der Waals surface area contributed by atoms with E-state index in [2.05, 4.69) is 76.7 Å². The summed E-state index contributed by atoms with van der Waals surface area (Å²) in [6.45, 7) is 7.08. The topological polar surface area (TPSA) is 93.7 Å². The number of nitrogens with zero attached hydrogens (tertiary/aromatic N) is 4. The fourth-order valence-corrected chi connectivity index (χ4v) is 5.39. The zero-order valence-corrected chi connectivity index (χ0v) is 22.1. The van der Waals surface area contributed by atoms with Crippen molar-refractivity contribution < 1.29 is 0 Å². The minimum Gasteiger partial charge on any atom is -0.364 e. The molecule has 1 aromatic carbocycles. The van der Waals surface area contributed by atoms with Crippen LogP contribution in [0, 0.1) is 6.92 Å². The Kier molecular flexibility index (Phi) is 7.94. The molecule has 1 fully saturated rings. The van der Waals surface area contributed by atoms with Gasteiger partial charge in [0, 0.05) is 29.5 Å². The fourth-order valence-electron chi connectivity index (χ4n) is 4.48. The number of aromatic nitrogens is 4. The number of aryl methyl sites for hydroxylation is 1. The molecule has 0 atom stereocenters. The molecule has 0 amide bonds. The third-order valence-corrected chi connectivity index (χ3v) is 7.61. The number of nitrogens with one attached hydrogen (secondary N) is 2. The lowest BCUT2D eigenvalue weighted by Crippen LogP contribution is -2.33. The summed E-state index contributed by atoms with van der Waals surface area (Å²) in [6, 6.07) is 11.9. The van der Waals surface area contributed by atoms with Crippen molar-refractivity contribution in [3.8, 4) is 10.4 Å². The number of hydrogen-bond acceptors (Lipinski definition) is 7. The number of nitrogens with two attached hydrogens (primary N) is 1. The van der Waals surface area contributed by atoms with Crippen LogP contribution in [0.2, 0.25) is 0 Å². The van der Waals surface area contributed by atoms with Crippen LogP contribution in [0.4, 0.5) is 11.8 Å². The highest BCUT2D eigenvalue weighted by Crippen LogP contribution is 2.28. The molecule has 3 heterocycles. The van der Waals surface area contributed by atoms with Crippen LogP contribution in [0.3, 0.4) is 0 Å². The van der Waals surface area contributed by atoms with Gasteiger partial charge in [0.15, 0.2) is 17.0 Å². The lowest BCUT2D eigenvalue weighted by molar-refractivity contribution is 0.410. The Hall–Kier alpha value is -2.68. The van der Waals surface area contributed by atoms with Crippen molar-refractivity contribution >= 4 is 46.7 Å². The van der Waals surface area contributed by atoms with Crippen molar-refractivity contribution in [3.63, 3.8) is 0 Å². The zero-order valence-electron chi connectivity index (χ0n) is 20.5. The van der Waals surface area contributed by atoms with E-state index in [-0.39, 0.29) is 18.4 Å². The van der Waals surface area contributed by atoms with Crippen molar-refractivity contribution in [3.05, 3.63) is 53.2 Å². The summed E-state index contributed by atoms with van der Waals surface area (Å²) >= 11 is 1.78. The van der Waals surface area contributed by atoms with Crippen LogP contribution in [0.5, 0.6) is 0 Å². The molecular formula is C26H34ClN7S. The van der Waals surface area contributed by atoms with Crippen molar-refractivity contribution in [2.24, 2.45) is 5.73 Å². The van der Waals surface area contributed by atoms with E-state index >= 15 is 0 Å². The van der Waals surface area contributed by atoms with Gasteiger partial charge in [-0.25, -0.2) is 4.98 Å². The predicted octanol–water partition coefficient (Wildman–Crippen LogP) is 6.16. The highest BCUT2D eigenvalue weighted by molar-refractivity contribution is 7.13. The number of anilines is 2. The monoisotopic (exact) mass is 511 g/mol. The van der Waals surface area contributed by atoms with Gasteiger partial charge in [-0.2, -0.15) is 9.97 Å². The molecule has 3 aromatic heterocycles. The molecule has 0 spiro atoms. The van der Waals surface area contributed by atoms with Gasteiger partial charge >= 0.3 is 0 Å². The van der Waals surface area contributed by atoms with Crippen LogP contribution in [0.1, 0.15) is 56.7 Å². The first-order chi connectivity index (χ1) is 16.5. The SMILES string of the molecule is Cc1csc(-c2ccc(CNc3nc(NC4CCC(N)CC4)nc4c3ncn4C(C)C)cc2)c1.Cl. The standard InChI is InChI=1S/C26H33N7S.ClH/c1-16(2)33-15-29-23-24(31-26(32-25(23)33)30-21-10-8-20(27)9-11-21)28-13-18-4-6-19(7-5-18)22-12-17(3)14-34-22;/h4-7,12,14-16,20-21H,8-11,13,27H2,1-3H3,(H2,28,30,31,32);1H. The van der Waals surface area contributed by atoms with E-state index in [0.29, 0.717) is 24.6 Å². The second-order valence-corrected chi connectivity index (χ2v) is 10.5. The van der Waals surface area contributed by atoms with Gasteiger partial charge in [-0.15, -0.1) is 23.7 Å². The summed E-state index contributed by atoms with van der Waals surface area (Å²) in [7, 11) is 0. The molecule has 35 heavy (non-hydrogen) atoms. The predicted molar refractivity (Wildman–Crippen MR) is 149 cm³/mol. The molecule has 0 saturated heterocycles. The maximum absolute atomic E-state index is 6.09. The van der Waals surface area contributed by atoms with Gasteiger partial charge in [0.1, 0.15) is 0 Å². The Morgan fingerprint density at radius 2 is 1.86 bits per heavy atom. The van der Waals surface area contributed by atoms with Gasteiger partial charge < -0.3 is 20.9 Å². The van der Waals surface area contributed by atoms with Gasteiger partial charge in [0.2, 0.25) is 5.95 Å². The lowest BCUT2D eigenvalue weighted by atomic mass is 9.92. The first kappa shape index (κ1) is 25.4. The van der Waals surface area contributed by atoms with Gasteiger partial charge in [0.05, 0.1) is 6.33 Å². The number of benzene rings is 1. The van der Waals surface area contributed by atoms with Crippen LogP contribution in [-0.4, -0.2) is 31.6 Å². The average molecular weight is 512 g/mol. The van der Waals surface area contributed by atoms with E-state index in [0.717, 1.165) is 42.7 Å². The number of fused-ring (bicyclic) bond motifs is 1. The molecule has 0 bridgehead atoms. The van der Waals surface area contributed by atoms with Crippen LogP contribution < -0.4 is 16.4 Å². The number of halogens is 1. The second-order valence-electron chi connectivity index (χ2n) is 9.61. The highest BCUT2D eigenvalue weighted by atomic mass is 35.5. The maximum atomic E-state index is 6.09. The summed E-state index contributed by atoms with van der Waals surface area (Å²) in [5.41, 5.74) is 11.5. The lowest BCUT2D eigenvalue weighted by Gasteiger charge is -2.27. The normalized spacial score (nSPS) is 18.0. The molecule has 1 saturated carbocycles. The van der Waals surface area contributed by atoms with Crippen LogP contribution >= 0.6 is 23.7 Å². The van der Waals surface area contributed by atoms with Crippen LogP contribution in [-0.2, 0) is 6.54 Å². The van der Waals surface area contributed by atoms with E-state index in [9.17, 15) is 0 Å². The van der Waals surface area contributed by atoms with Crippen molar-refractivity contribution in [1.82, 2.24) is 19.5 Å². The first-order valence-electron chi connectivity index (χ1n) is 12.1. The number of imidazole rings is 1. The molecule has 4 N–H and O–H groups in total. The van der Waals surface area contributed by atoms with E-state index < -0.39 is 0 Å². The molecular weight excluding hydrogens is 478 g/mol. The van der Waals surface area contributed by atoms with E-state index in [4.69, 9.17) is 15.7 Å². The summed E-state index contributed by atoms with van der Waals surface area (Å²) in [5, 5.41) is 9.27. The van der Waals surface area contributed by atoms with Crippen LogP contribution in [0.25, 0.3) is 21.6 Å². The van der Waals surface area contributed by atoms with E-state index in [1.165, 1.54) is 21.6 Å². The molecule has 7 nitrogen and oxygen atoms in total. The minimum atomic E-state index is 0. The molecule has 4 aromatic rings. The van der Waals surface area contributed by atoms with E-state index in [1.54, 1.807) is 11.3 Å². The summed E-state index contributed by atoms with van der Waals surface area (Å²) < 4.78 is 2.10. The smallest absolute Gasteiger partial charge is 0.227 e. The van der Waals surface area contributed by atoms with Crippen molar-refractivity contribution in [2.75, 3.05) is 10.6 Å².